The van der Waals surface area contributed by atoms with Crippen molar-refractivity contribution in [2.45, 2.75) is 44.6 Å². The summed E-state index contributed by atoms with van der Waals surface area (Å²) in [6.07, 6.45) is 6.04. The van der Waals surface area contributed by atoms with Gasteiger partial charge in [0.2, 0.25) is 0 Å². The van der Waals surface area contributed by atoms with Crippen LogP contribution in [0.5, 0.6) is 0 Å². The molecule has 0 atom stereocenters. The fourth-order valence-electron chi connectivity index (χ4n) is 1.85. The zero-order valence-electron chi connectivity index (χ0n) is 10.0. The second kappa shape index (κ2) is 7.85. The first-order valence-electron chi connectivity index (χ1n) is 6.12. The van der Waals surface area contributed by atoms with Crippen LogP contribution in [0.25, 0.3) is 0 Å². The van der Waals surface area contributed by atoms with Gasteiger partial charge in [0, 0.05) is 0 Å². The molecule has 1 aromatic rings. The molecule has 1 saturated carbocycles. The number of aliphatic hydroxyl groups is 1. The minimum absolute atomic E-state index is 0.0359. The summed E-state index contributed by atoms with van der Waals surface area (Å²) in [7, 11) is 0. The zero-order valence-corrected chi connectivity index (χ0v) is 10.0. The van der Waals surface area contributed by atoms with E-state index in [-0.39, 0.29) is 12.5 Å². The Morgan fingerprint density at radius 3 is 2.12 bits per heavy atom. The van der Waals surface area contributed by atoms with Crippen molar-refractivity contribution in [3.8, 4) is 0 Å². The van der Waals surface area contributed by atoms with Crippen molar-refractivity contribution in [2.75, 3.05) is 0 Å². The third-order valence-corrected chi connectivity index (χ3v) is 2.77. The molecule has 0 radical (unpaired) electrons. The minimum atomic E-state index is -0.786. The quantitative estimate of drug-likeness (QED) is 0.830. The van der Waals surface area contributed by atoms with Gasteiger partial charge in [0.25, 0.3) is 0 Å². The fraction of sp³-hybridized carbons (Fsp3) is 0.500. The zero-order chi connectivity index (χ0) is 12.5. The molecule has 0 bridgehead atoms. The van der Waals surface area contributed by atoms with Gasteiger partial charge in [0.15, 0.2) is 0 Å². The maximum atomic E-state index is 10.2. The maximum absolute atomic E-state index is 10.2. The highest BCUT2D eigenvalue weighted by molar-refractivity contribution is 5.70. The molecule has 1 fully saturated rings. The van der Waals surface area contributed by atoms with Crippen LogP contribution in [0.3, 0.4) is 0 Å². The van der Waals surface area contributed by atoms with Crippen molar-refractivity contribution >= 4 is 5.97 Å². The van der Waals surface area contributed by atoms with Gasteiger partial charge < -0.3 is 10.2 Å². The third kappa shape index (κ3) is 6.74. The Kier molecular flexibility index (Phi) is 6.33. The highest BCUT2D eigenvalue weighted by Crippen LogP contribution is 2.16. The first-order chi connectivity index (χ1) is 8.18. The number of aliphatic hydroxyl groups excluding tert-OH is 1. The average molecular weight is 236 g/mol. The molecule has 1 aromatic carbocycles. The van der Waals surface area contributed by atoms with Crippen LogP contribution in [0.1, 0.15) is 37.7 Å². The Bertz CT molecular complexity index is 315. The predicted molar refractivity (Wildman–Crippen MR) is 66.9 cm³/mol. The van der Waals surface area contributed by atoms with E-state index in [0.717, 1.165) is 18.4 Å². The van der Waals surface area contributed by atoms with Crippen molar-refractivity contribution in [1.82, 2.24) is 0 Å². The minimum Gasteiger partial charge on any atom is -0.481 e. The lowest BCUT2D eigenvalue weighted by Gasteiger charge is -2.14. The Balaban J connectivity index is 0.000000181. The van der Waals surface area contributed by atoms with Gasteiger partial charge in [-0.1, -0.05) is 49.6 Å². The van der Waals surface area contributed by atoms with E-state index in [4.69, 9.17) is 10.2 Å². The molecule has 2 rings (SSSR count). The van der Waals surface area contributed by atoms with E-state index in [9.17, 15) is 4.79 Å². The van der Waals surface area contributed by atoms with E-state index in [1.807, 2.05) is 18.2 Å². The van der Waals surface area contributed by atoms with E-state index in [1.54, 1.807) is 12.1 Å². The molecular weight excluding hydrogens is 216 g/mol. The Hall–Kier alpha value is -1.35. The molecule has 0 heterocycles. The standard InChI is InChI=1S/C8H8O2.C6H12O/c9-8(10)6-7-4-2-1-3-5-7;7-6-4-2-1-3-5-6/h1-5H,6H2,(H,9,10);6-7H,1-5H2. The predicted octanol–water partition coefficient (Wildman–Crippen LogP) is 2.63. The van der Waals surface area contributed by atoms with Crippen molar-refractivity contribution in [2.24, 2.45) is 0 Å². The summed E-state index contributed by atoms with van der Waals surface area (Å²) in [5.41, 5.74) is 0.843. The van der Waals surface area contributed by atoms with Gasteiger partial charge in [0.05, 0.1) is 12.5 Å². The number of carboxylic acids is 1. The molecule has 3 heteroatoms. The van der Waals surface area contributed by atoms with Crippen LogP contribution in [0.2, 0.25) is 0 Å². The van der Waals surface area contributed by atoms with Gasteiger partial charge in [0.1, 0.15) is 0 Å². The van der Waals surface area contributed by atoms with Crippen LogP contribution < -0.4 is 0 Å². The SMILES string of the molecule is O=C(O)Cc1ccccc1.OC1CCCCC1. The topological polar surface area (TPSA) is 57.5 Å². The van der Waals surface area contributed by atoms with Gasteiger partial charge in [-0.2, -0.15) is 0 Å². The van der Waals surface area contributed by atoms with Gasteiger partial charge >= 0.3 is 5.97 Å². The number of hydrogen-bond donors (Lipinski definition) is 2. The molecule has 0 amide bonds. The molecule has 0 aromatic heterocycles. The highest BCUT2D eigenvalue weighted by Gasteiger charge is 2.07. The van der Waals surface area contributed by atoms with Crippen LogP contribution in [0.15, 0.2) is 30.3 Å². The highest BCUT2D eigenvalue weighted by atomic mass is 16.4. The van der Waals surface area contributed by atoms with Crippen LogP contribution in [0, 0.1) is 0 Å². The first-order valence-corrected chi connectivity index (χ1v) is 6.12. The summed E-state index contributed by atoms with van der Waals surface area (Å²) in [5.74, 6) is -0.786. The summed E-state index contributed by atoms with van der Waals surface area (Å²) >= 11 is 0. The Labute approximate surface area is 102 Å². The van der Waals surface area contributed by atoms with E-state index in [0.29, 0.717) is 0 Å². The normalized spacial score (nSPS) is 15.8. The van der Waals surface area contributed by atoms with Crippen LogP contribution in [-0.2, 0) is 11.2 Å². The Morgan fingerprint density at radius 2 is 1.71 bits per heavy atom. The molecular formula is C14H20O3. The smallest absolute Gasteiger partial charge is 0.307 e. The van der Waals surface area contributed by atoms with Crippen LogP contribution in [0.4, 0.5) is 0 Å². The number of carbonyl (C=O) groups is 1. The number of hydrogen-bond acceptors (Lipinski definition) is 2. The van der Waals surface area contributed by atoms with Crippen molar-refractivity contribution in [3.63, 3.8) is 0 Å². The fourth-order valence-corrected chi connectivity index (χ4v) is 1.85. The summed E-state index contributed by atoms with van der Waals surface area (Å²) in [4.78, 5) is 10.2. The number of benzene rings is 1. The van der Waals surface area contributed by atoms with E-state index >= 15 is 0 Å². The molecule has 1 aliphatic rings. The second-order valence-electron chi connectivity index (χ2n) is 4.35. The lowest BCUT2D eigenvalue weighted by molar-refractivity contribution is -0.136. The lowest BCUT2D eigenvalue weighted by Crippen LogP contribution is -2.09. The average Bonchev–Trinajstić information content (AvgIpc) is 2.31. The molecule has 0 spiro atoms. The van der Waals surface area contributed by atoms with Crippen molar-refractivity contribution in [1.29, 1.82) is 0 Å². The van der Waals surface area contributed by atoms with Crippen molar-refractivity contribution in [3.05, 3.63) is 35.9 Å². The van der Waals surface area contributed by atoms with Crippen LogP contribution in [-0.4, -0.2) is 22.3 Å². The molecule has 2 N–H and O–H groups in total. The summed E-state index contributed by atoms with van der Waals surface area (Å²) in [6.45, 7) is 0. The largest absolute Gasteiger partial charge is 0.481 e. The Morgan fingerprint density at radius 1 is 1.12 bits per heavy atom. The van der Waals surface area contributed by atoms with E-state index in [1.165, 1.54) is 19.3 Å². The maximum Gasteiger partial charge on any atom is 0.307 e. The molecule has 0 saturated heterocycles. The van der Waals surface area contributed by atoms with Gasteiger partial charge in [-0.05, 0) is 18.4 Å². The number of rotatable bonds is 2. The van der Waals surface area contributed by atoms with Crippen molar-refractivity contribution < 1.29 is 15.0 Å². The lowest BCUT2D eigenvalue weighted by atomic mass is 9.98. The monoisotopic (exact) mass is 236 g/mol. The molecule has 1 aliphatic carbocycles. The summed E-state index contributed by atoms with van der Waals surface area (Å²) in [6, 6.07) is 9.13. The molecule has 94 valence electrons. The third-order valence-electron chi connectivity index (χ3n) is 2.77. The van der Waals surface area contributed by atoms with Gasteiger partial charge in [-0.25, -0.2) is 0 Å². The summed E-state index contributed by atoms with van der Waals surface area (Å²) < 4.78 is 0. The number of carboxylic acid groups (broad SMARTS) is 1. The molecule has 0 aliphatic heterocycles. The molecule has 0 unspecified atom stereocenters. The summed E-state index contributed by atoms with van der Waals surface area (Å²) in [5, 5.41) is 17.3. The van der Waals surface area contributed by atoms with E-state index < -0.39 is 5.97 Å². The first kappa shape index (κ1) is 13.7. The molecule has 3 nitrogen and oxygen atoms in total. The molecule has 17 heavy (non-hydrogen) atoms. The number of aliphatic carboxylic acids is 1. The van der Waals surface area contributed by atoms with Gasteiger partial charge in [-0.3, -0.25) is 4.79 Å². The van der Waals surface area contributed by atoms with Gasteiger partial charge in [-0.15, -0.1) is 0 Å². The van der Waals surface area contributed by atoms with E-state index in [2.05, 4.69) is 0 Å². The second-order valence-corrected chi connectivity index (χ2v) is 4.35. The van der Waals surface area contributed by atoms with Crippen LogP contribution >= 0.6 is 0 Å².